The Bertz CT molecular complexity index is 1110. The minimum atomic E-state index is 0.170. The molecule has 0 atom stereocenters. The van der Waals surface area contributed by atoms with E-state index in [1.165, 1.54) is 16.1 Å². The number of hydrogen-bond donors (Lipinski definition) is 1. The third kappa shape index (κ3) is 4.59. The highest BCUT2D eigenvalue weighted by molar-refractivity contribution is 6.64. The number of benzene rings is 1. The van der Waals surface area contributed by atoms with Crippen LogP contribution < -0.4 is 10.4 Å². The quantitative estimate of drug-likeness (QED) is 0.425. The van der Waals surface area contributed by atoms with Crippen molar-refractivity contribution >= 4 is 22.6 Å². The lowest BCUT2D eigenvalue weighted by molar-refractivity contribution is 0.0652. The minimum Gasteiger partial charge on any atom is -0.383 e. The van der Waals surface area contributed by atoms with Gasteiger partial charge in [0, 0.05) is 45.9 Å². The Morgan fingerprint density at radius 2 is 1.91 bits per heavy atom. The first-order chi connectivity index (χ1) is 17.1. The Labute approximate surface area is 209 Å². The zero-order chi connectivity index (χ0) is 24.4. The highest BCUT2D eigenvalue weighted by atomic mass is 35.5. The molecule has 0 amide bonds. The molecule has 0 aromatic heterocycles. The standard InChI is InChI=1S/C23H27ClN10O/c1-35-14-13-29-9-11-31(12-10-29)34(19-5-3-2-4-6-19)33-21(27-18-7-8-18)22-30(17-26)16-20(15-25)32(22)28-23(33)24/h2-6,16,18,27H,7-14H2,1H3. The van der Waals surface area contributed by atoms with E-state index in [4.69, 9.17) is 16.3 Å². The van der Waals surface area contributed by atoms with Gasteiger partial charge in [-0.1, -0.05) is 18.2 Å². The van der Waals surface area contributed by atoms with E-state index in [1.807, 2.05) is 40.5 Å². The number of anilines is 1. The predicted molar refractivity (Wildman–Crippen MR) is 130 cm³/mol. The van der Waals surface area contributed by atoms with Crippen molar-refractivity contribution in [3.8, 4) is 12.3 Å². The van der Waals surface area contributed by atoms with Gasteiger partial charge in [-0.05, 0) is 36.6 Å². The molecule has 1 aromatic rings. The number of halogens is 1. The number of rotatable bonds is 8. The Hall–Kier alpha value is -3.48. The van der Waals surface area contributed by atoms with Gasteiger partial charge in [0.25, 0.3) is 0 Å². The second-order valence-electron chi connectivity index (χ2n) is 8.59. The monoisotopic (exact) mass is 494 g/mol. The highest BCUT2D eigenvalue weighted by Gasteiger charge is 2.43. The van der Waals surface area contributed by atoms with Gasteiger partial charge in [0.2, 0.25) is 5.29 Å². The molecule has 1 N–H and O–H groups in total. The normalized spacial score (nSPS) is 20.7. The molecule has 0 spiro atoms. The second kappa shape index (κ2) is 10.0. The maximum Gasteiger partial charge on any atom is 0.244 e. The van der Waals surface area contributed by atoms with Crippen molar-refractivity contribution in [1.82, 2.24) is 30.1 Å². The molecule has 182 valence electrons. The van der Waals surface area contributed by atoms with Gasteiger partial charge in [0.05, 0.1) is 18.5 Å². The predicted octanol–water partition coefficient (Wildman–Crippen LogP) is 1.75. The van der Waals surface area contributed by atoms with Gasteiger partial charge in [0.15, 0.2) is 23.5 Å². The molecule has 11 nitrogen and oxygen atoms in total. The van der Waals surface area contributed by atoms with Crippen LogP contribution in [0.2, 0.25) is 0 Å². The number of allylic oxidation sites excluding steroid dienone is 1. The molecular weight excluding hydrogens is 468 g/mol. The van der Waals surface area contributed by atoms with Crippen molar-refractivity contribution in [1.29, 1.82) is 10.5 Å². The molecule has 1 saturated carbocycles. The lowest BCUT2D eigenvalue weighted by atomic mass is 10.3. The summed E-state index contributed by atoms with van der Waals surface area (Å²) in [6.45, 7) is 4.84. The summed E-state index contributed by atoms with van der Waals surface area (Å²) >= 11 is 6.85. The first-order valence-electron chi connectivity index (χ1n) is 11.6. The summed E-state index contributed by atoms with van der Waals surface area (Å²) in [7, 11) is 1.72. The number of hydrazine groups is 2. The van der Waals surface area contributed by atoms with Gasteiger partial charge in [-0.2, -0.15) is 25.6 Å². The van der Waals surface area contributed by atoms with Crippen molar-refractivity contribution in [2.24, 2.45) is 5.10 Å². The van der Waals surface area contributed by atoms with Crippen molar-refractivity contribution in [2.45, 2.75) is 18.9 Å². The summed E-state index contributed by atoms with van der Waals surface area (Å²) in [5.74, 6) is 1.07. The fourth-order valence-corrected chi connectivity index (χ4v) is 4.52. The number of nitriles is 2. The molecule has 2 fully saturated rings. The molecule has 4 aliphatic rings. The zero-order valence-electron chi connectivity index (χ0n) is 19.5. The number of hydrogen-bond acceptors (Lipinski definition) is 11. The summed E-state index contributed by atoms with van der Waals surface area (Å²) in [5, 5.41) is 35.2. The van der Waals surface area contributed by atoms with E-state index in [0.717, 1.165) is 51.3 Å². The number of amidine groups is 1. The number of nitrogens with one attached hydrogen (secondary N) is 1. The lowest BCUT2D eigenvalue weighted by Crippen LogP contribution is -2.63. The minimum absolute atomic E-state index is 0.170. The Balaban J connectivity index is 1.54. The Morgan fingerprint density at radius 1 is 1.17 bits per heavy atom. The van der Waals surface area contributed by atoms with Crippen molar-refractivity contribution in [2.75, 3.05) is 51.6 Å². The number of ether oxygens (including phenoxy) is 1. The van der Waals surface area contributed by atoms with E-state index in [-0.39, 0.29) is 17.0 Å². The molecule has 0 bridgehead atoms. The average Bonchev–Trinajstić information content (AvgIpc) is 3.64. The summed E-state index contributed by atoms with van der Waals surface area (Å²) in [6, 6.07) is 12.3. The molecule has 12 heteroatoms. The molecule has 35 heavy (non-hydrogen) atoms. The fraction of sp³-hybridized carbons (Fsp3) is 0.435. The summed E-state index contributed by atoms with van der Waals surface area (Å²) < 4.78 is 5.25. The number of methoxy groups -OCH3 is 1. The first kappa shape index (κ1) is 23.3. The van der Waals surface area contributed by atoms with Gasteiger partial charge < -0.3 is 10.1 Å². The van der Waals surface area contributed by atoms with Crippen LogP contribution in [0.25, 0.3) is 0 Å². The van der Waals surface area contributed by atoms with Crippen molar-refractivity contribution in [3.63, 3.8) is 0 Å². The number of hydrazone groups is 1. The summed E-state index contributed by atoms with van der Waals surface area (Å²) in [5.41, 5.74) is 1.14. The highest BCUT2D eigenvalue weighted by Crippen LogP contribution is 2.37. The number of para-hydroxylation sites is 1. The maximum atomic E-state index is 9.84. The molecular formula is C23H27ClN10O. The van der Waals surface area contributed by atoms with E-state index in [9.17, 15) is 10.5 Å². The van der Waals surface area contributed by atoms with Crippen LogP contribution in [-0.4, -0.2) is 82.6 Å². The van der Waals surface area contributed by atoms with Crippen LogP contribution in [0.4, 0.5) is 5.69 Å². The van der Waals surface area contributed by atoms with E-state index in [1.54, 1.807) is 7.11 Å². The van der Waals surface area contributed by atoms with Crippen LogP contribution in [0.5, 0.6) is 0 Å². The number of piperazine rings is 1. The number of fused-ring (bicyclic) bond motifs is 1. The van der Waals surface area contributed by atoms with Crippen LogP contribution in [0.1, 0.15) is 12.8 Å². The average molecular weight is 495 g/mol. The van der Waals surface area contributed by atoms with E-state index < -0.39 is 0 Å². The third-order valence-electron chi connectivity index (χ3n) is 6.23. The maximum absolute atomic E-state index is 9.84. The topological polar surface area (TPSA) is 101 Å². The lowest BCUT2D eigenvalue weighted by Gasteiger charge is -2.48. The molecule has 1 aliphatic carbocycles. The second-order valence-corrected chi connectivity index (χ2v) is 8.93. The smallest absolute Gasteiger partial charge is 0.244 e. The molecule has 5 rings (SSSR count). The number of nitrogens with zero attached hydrogens (tertiary/aromatic N) is 9. The fourth-order valence-electron chi connectivity index (χ4n) is 4.29. The van der Waals surface area contributed by atoms with E-state index >= 15 is 0 Å². The molecule has 0 radical (unpaired) electrons. The van der Waals surface area contributed by atoms with Crippen LogP contribution in [0.15, 0.2) is 59.0 Å². The SMILES string of the molecule is COCCN1CCN(N(c2ccccc2)N2C(Cl)=NN3C(C#N)=CN(C#N)C3=C2NC2CC2)CC1. The molecule has 0 unspecified atom stereocenters. The molecule has 1 aromatic carbocycles. The molecule has 3 aliphatic heterocycles. The van der Waals surface area contributed by atoms with Gasteiger partial charge in [-0.15, -0.1) is 5.10 Å². The van der Waals surface area contributed by atoms with Gasteiger partial charge in [0.1, 0.15) is 6.07 Å². The van der Waals surface area contributed by atoms with Gasteiger partial charge >= 0.3 is 0 Å². The van der Waals surface area contributed by atoms with Crippen molar-refractivity contribution in [3.05, 3.63) is 53.9 Å². The zero-order valence-corrected chi connectivity index (χ0v) is 20.3. The van der Waals surface area contributed by atoms with Crippen LogP contribution in [0, 0.1) is 22.8 Å². The molecule has 3 heterocycles. The van der Waals surface area contributed by atoms with Crippen LogP contribution in [-0.2, 0) is 4.74 Å². The Kier molecular flexibility index (Phi) is 6.66. The van der Waals surface area contributed by atoms with E-state index in [0.29, 0.717) is 18.2 Å². The summed E-state index contributed by atoms with van der Waals surface area (Å²) in [4.78, 5) is 3.73. The molecule has 1 saturated heterocycles. The van der Waals surface area contributed by atoms with Crippen LogP contribution in [0.3, 0.4) is 0 Å². The third-order valence-corrected chi connectivity index (χ3v) is 6.47. The largest absolute Gasteiger partial charge is 0.383 e. The van der Waals surface area contributed by atoms with Crippen LogP contribution >= 0.6 is 11.6 Å². The Morgan fingerprint density at radius 3 is 2.54 bits per heavy atom. The van der Waals surface area contributed by atoms with E-state index in [2.05, 4.69) is 32.6 Å². The van der Waals surface area contributed by atoms with Crippen molar-refractivity contribution < 1.29 is 4.74 Å². The van der Waals surface area contributed by atoms with Gasteiger partial charge in [-0.3, -0.25) is 4.90 Å². The summed E-state index contributed by atoms with van der Waals surface area (Å²) in [6.07, 6.45) is 5.67. The first-order valence-corrected chi connectivity index (χ1v) is 12.0. The van der Waals surface area contributed by atoms with Gasteiger partial charge in [-0.25, -0.2) is 10.0 Å².